The summed E-state index contributed by atoms with van der Waals surface area (Å²) in [4.78, 5) is 15.2. The zero-order valence-corrected chi connectivity index (χ0v) is 21.1. The van der Waals surface area contributed by atoms with Crippen LogP contribution in [0.3, 0.4) is 0 Å². The monoisotopic (exact) mass is 468 g/mol. The Balaban J connectivity index is 1.91. The van der Waals surface area contributed by atoms with Gasteiger partial charge in [-0.25, -0.2) is 0 Å². The molecule has 184 valence electrons. The van der Waals surface area contributed by atoms with Crippen molar-refractivity contribution in [3.05, 3.63) is 41.5 Å². The van der Waals surface area contributed by atoms with E-state index in [1.165, 1.54) is 0 Å². The molecule has 2 aromatic rings. The number of hydrogen-bond donors (Lipinski definition) is 1. The molecule has 1 saturated heterocycles. The molecule has 0 saturated carbocycles. The molecule has 2 aromatic carbocycles. The fraction of sp³-hybridized carbons (Fsp3) is 0.444. The quantitative estimate of drug-likeness (QED) is 0.525. The van der Waals surface area contributed by atoms with Gasteiger partial charge in [0.25, 0.3) is 0 Å². The van der Waals surface area contributed by atoms with Crippen molar-refractivity contribution in [2.45, 2.75) is 26.2 Å². The Hall–Kier alpha value is -3.19. The van der Waals surface area contributed by atoms with Gasteiger partial charge in [-0.15, -0.1) is 0 Å². The van der Waals surface area contributed by atoms with Gasteiger partial charge in [-0.05, 0) is 80.4 Å². The van der Waals surface area contributed by atoms with Crippen LogP contribution in [0.5, 0.6) is 23.0 Å². The van der Waals surface area contributed by atoms with Crippen LogP contribution in [0.15, 0.2) is 30.3 Å². The van der Waals surface area contributed by atoms with E-state index in [0.717, 1.165) is 49.1 Å². The fourth-order valence-electron chi connectivity index (χ4n) is 4.28. The Labute approximate surface area is 202 Å². The molecule has 1 N–H and O–H groups in total. The summed E-state index contributed by atoms with van der Waals surface area (Å²) in [5.74, 6) is 2.49. The summed E-state index contributed by atoms with van der Waals surface area (Å²) in [5, 5.41) is 3.10. The summed E-state index contributed by atoms with van der Waals surface area (Å²) in [7, 11) is 8.52. The van der Waals surface area contributed by atoms with E-state index in [0.29, 0.717) is 28.7 Å². The molecule has 7 heteroatoms. The number of methoxy groups -OCH3 is 4. The normalized spacial score (nSPS) is 15.1. The number of benzene rings is 2. The van der Waals surface area contributed by atoms with E-state index in [1.807, 2.05) is 30.3 Å². The van der Waals surface area contributed by atoms with Crippen molar-refractivity contribution in [3.8, 4) is 23.0 Å². The van der Waals surface area contributed by atoms with Gasteiger partial charge in [0.05, 0.1) is 34.1 Å². The second-order valence-corrected chi connectivity index (χ2v) is 8.46. The van der Waals surface area contributed by atoms with Crippen LogP contribution in [0, 0.1) is 5.92 Å². The number of nitrogens with zero attached hydrogens (tertiary/aromatic N) is 1. The Kier molecular flexibility index (Phi) is 8.82. The number of carbonyl (C=O) groups is 1. The fourth-order valence-corrected chi connectivity index (χ4v) is 4.28. The predicted molar refractivity (Wildman–Crippen MR) is 136 cm³/mol. The van der Waals surface area contributed by atoms with Gasteiger partial charge in [0.15, 0.2) is 11.5 Å². The number of allylic oxidation sites excluding steroid dienone is 1. The number of amides is 1. The van der Waals surface area contributed by atoms with Crippen LogP contribution in [0.2, 0.25) is 0 Å². The first-order valence-corrected chi connectivity index (χ1v) is 11.6. The zero-order chi connectivity index (χ0) is 24.7. The lowest BCUT2D eigenvalue weighted by Crippen LogP contribution is -2.35. The van der Waals surface area contributed by atoms with E-state index in [4.69, 9.17) is 18.9 Å². The van der Waals surface area contributed by atoms with Gasteiger partial charge in [-0.1, -0.05) is 19.1 Å². The molecule has 1 heterocycles. The van der Waals surface area contributed by atoms with Crippen LogP contribution >= 0.6 is 0 Å². The number of piperidine rings is 1. The molecule has 0 aliphatic carbocycles. The molecule has 3 rings (SSSR count). The number of rotatable bonds is 9. The first kappa shape index (κ1) is 25.4. The third-order valence-electron chi connectivity index (χ3n) is 6.33. The number of anilines is 1. The standard InChI is InChI=1S/C27H36N2O5/c1-7-19(21-16-24(32-4)26(34-6)25(17-21)33-5)14-18-8-9-23(31-3)22(15-18)28-27(30)20-10-12-29(2)13-11-20/h8-9,14-17,20H,7,10-13H2,1-6H3,(H,28,30)/b19-14-. The third-order valence-corrected chi connectivity index (χ3v) is 6.33. The van der Waals surface area contributed by atoms with E-state index in [1.54, 1.807) is 28.4 Å². The minimum absolute atomic E-state index is 0.0190. The van der Waals surface area contributed by atoms with Crippen molar-refractivity contribution < 1.29 is 23.7 Å². The highest BCUT2D eigenvalue weighted by Gasteiger charge is 2.24. The number of likely N-dealkylation sites (tertiary alicyclic amines) is 1. The van der Waals surface area contributed by atoms with Gasteiger partial charge < -0.3 is 29.2 Å². The second-order valence-electron chi connectivity index (χ2n) is 8.46. The minimum Gasteiger partial charge on any atom is -0.495 e. The Morgan fingerprint density at radius 2 is 1.59 bits per heavy atom. The summed E-state index contributed by atoms with van der Waals surface area (Å²) in [6.07, 6.45) is 4.63. The number of carbonyl (C=O) groups excluding carboxylic acids is 1. The van der Waals surface area contributed by atoms with Gasteiger partial charge in [-0.2, -0.15) is 0 Å². The maximum Gasteiger partial charge on any atom is 0.227 e. The Morgan fingerprint density at radius 1 is 0.971 bits per heavy atom. The maximum atomic E-state index is 12.9. The van der Waals surface area contributed by atoms with E-state index in [-0.39, 0.29) is 11.8 Å². The average molecular weight is 469 g/mol. The first-order chi connectivity index (χ1) is 16.4. The molecule has 0 unspecified atom stereocenters. The van der Waals surface area contributed by atoms with Crippen LogP contribution in [0.1, 0.15) is 37.3 Å². The van der Waals surface area contributed by atoms with E-state index < -0.39 is 0 Å². The molecule has 1 amide bonds. The third kappa shape index (κ3) is 5.83. The molecular weight excluding hydrogens is 432 g/mol. The van der Waals surface area contributed by atoms with Gasteiger partial charge in [-0.3, -0.25) is 4.79 Å². The SMILES string of the molecule is CC/C(=C/c1ccc(OC)c(NC(=O)C2CCN(C)CC2)c1)c1cc(OC)c(OC)c(OC)c1. The van der Waals surface area contributed by atoms with E-state index >= 15 is 0 Å². The molecular formula is C27H36N2O5. The van der Waals surface area contributed by atoms with Crippen molar-refractivity contribution in [3.63, 3.8) is 0 Å². The molecule has 34 heavy (non-hydrogen) atoms. The number of ether oxygens (including phenoxy) is 4. The lowest BCUT2D eigenvalue weighted by molar-refractivity contribution is -0.121. The number of nitrogens with one attached hydrogen (secondary N) is 1. The minimum atomic E-state index is 0.0190. The molecule has 0 radical (unpaired) electrons. The van der Waals surface area contributed by atoms with Gasteiger partial charge >= 0.3 is 0 Å². The van der Waals surface area contributed by atoms with Crippen molar-refractivity contribution >= 4 is 23.2 Å². The van der Waals surface area contributed by atoms with E-state index in [2.05, 4.69) is 30.3 Å². The maximum absolute atomic E-state index is 12.9. The highest BCUT2D eigenvalue weighted by atomic mass is 16.5. The molecule has 1 fully saturated rings. The molecule has 0 bridgehead atoms. The molecule has 0 spiro atoms. The summed E-state index contributed by atoms with van der Waals surface area (Å²) < 4.78 is 22.0. The smallest absolute Gasteiger partial charge is 0.227 e. The molecule has 0 atom stereocenters. The summed E-state index contributed by atoms with van der Waals surface area (Å²) >= 11 is 0. The summed E-state index contributed by atoms with van der Waals surface area (Å²) in [6.45, 7) is 3.97. The van der Waals surface area contributed by atoms with Crippen LogP contribution in [-0.2, 0) is 4.79 Å². The largest absolute Gasteiger partial charge is 0.495 e. The molecule has 7 nitrogen and oxygen atoms in total. The Bertz CT molecular complexity index is 1000. The van der Waals surface area contributed by atoms with Crippen molar-refractivity contribution in [2.75, 3.05) is 53.9 Å². The molecule has 1 aliphatic rings. The lowest BCUT2D eigenvalue weighted by Gasteiger charge is -2.28. The van der Waals surface area contributed by atoms with Crippen LogP contribution in [0.25, 0.3) is 11.6 Å². The van der Waals surface area contributed by atoms with Gasteiger partial charge in [0.2, 0.25) is 11.7 Å². The summed E-state index contributed by atoms with van der Waals surface area (Å²) in [5.41, 5.74) is 3.72. The predicted octanol–water partition coefficient (Wildman–Crippen LogP) is 4.95. The zero-order valence-electron chi connectivity index (χ0n) is 21.1. The van der Waals surface area contributed by atoms with Crippen LogP contribution in [-0.4, -0.2) is 59.4 Å². The van der Waals surface area contributed by atoms with Gasteiger partial charge in [0, 0.05) is 5.92 Å². The molecule has 0 aromatic heterocycles. The van der Waals surface area contributed by atoms with Gasteiger partial charge in [0.1, 0.15) is 5.75 Å². The number of hydrogen-bond acceptors (Lipinski definition) is 6. The second kappa shape index (κ2) is 11.8. The van der Waals surface area contributed by atoms with Crippen LogP contribution < -0.4 is 24.3 Å². The van der Waals surface area contributed by atoms with Crippen molar-refractivity contribution in [2.24, 2.45) is 5.92 Å². The van der Waals surface area contributed by atoms with Crippen molar-refractivity contribution in [1.82, 2.24) is 4.90 Å². The van der Waals surface area contributed by atoms with Crippen molar-refractivity contribution in [1.29, 1.82) is 0 Å². The highest BCUT2D eigenvalue weighted by molar-refractivity contribution is 5.95. The summed E-state index contributed by atoms with van der Waals surface area (Å²) in [6, 6.07) is 9.72. The topological polar surface area (TPSA) is 69.3 Å². The highest BCUT2D eigenvalue weighted by Crippen LogP contribution is 2.41. The molecule has 1 aliphatic heterocycles. The van der Waals surface area contributed by atoms with E-state index in [9.17, 15) is 4.79 Å². The average Bonchev–Trinajstić information content (AvgIpc) is 2.86. The van der Waals surface area contributed by atoms with Crippen LogP contribution in [0.4, 0.5) is 5.69 Å². The lowest BCUT2D eigenvalue weighted by atomic mass is 9.96. The Morgan fingerprint density at radius 3 is 2.12 bits per heavy atom. The first-order valence-electron chi connectivity index (χ1n) is 11.6.